The molecule has 4 nitrogen and oxygen atoms in total. The van der Waals surface area contributed by atoms with Gasteiger partial charge in [0, 0.05) is 23.8 Å². The zero-order valence-electron chi connectivity index (χ0n) is 15.5. The Labute approximate surface area is 151 Å². The Kier molecular flexibility index (Phi) is 7.63. The van der Waals surface area contributed by atoms with E-state index in [9.17, 15) is 9.59 Å². The van der Waals surface area contributed by atoms with Gasteiger partial charge in [0.1, 0.15) is 0 Å². The lowest BCUT2D eigenvalue weighted by Gasteiger charge is -2.26. The van der Waals surface area contributed by atoms with Crippen molar-refractivity contribution < 1.29 is 14.3 Å². The Bertz CT molecular complexity index is 559. The van der Waals surface area contributed by atoms with Crippen LogP contribution in [0.15, 0.2) is 24.3 Å². The Hall–Kier alpha value is -1.68. The molecule has 4 heteroatoms. The lowest BCUT2D eigenvalue weighted by Crippen LogP contribution is -2.25. The summed E-state index contributed by atoms with van der Waals surface area (Å²) in [6, 6.07) is 7.87. The quantitative estimate of drug-likeness (QED) is 0.569. The van der Waals surface area contributed by atoms with Gasteiger partial charge in [-0.05, 0) is 50.1 Å². The third-order valence-electron chi connectivity index (χ3n) is 5.44. The summed E-state index contributed by atoms with van der Waals surface area (Å²) in [6.45, 7) is 5.01. The number of benzene rings is 1. The van der Waals surface area contributed by atoms with Crippen LogP contribution in [0.2, 0.25) is 0 Å². The van der Waals surface area contributed by atoms with Crippen LogP contribution in [-0.2, 0) is 9.53 Å². The molecule has 0 bridgehead atoms. The van der Waals surface area contributed by atoms with Gasteiger partial charge in [0.05, 0.1) is 6.61 Å². The maximum Gasteiger partial charge on any atom is 0.305 e. The lowest BCUT2D eigenvalue weighted by molar-refractivity contribution is -0.143. The summed E-state index contributed by atoms with van der Waals surface area (Å²) in [7, 11) is 0. The first-order valence-electron chi connectivity index (χ1n) is 9.58. The first-order chi connectivity index (χ1) is 12.1. The minimum Gasteiger partial charge on any atom is -0.465 e. The standard InChI is InChI=1S/C21H31NO3/c1-3-16(14-25-20(23)4-2)17-9-11-19(12-10-17)21(24)18-7-5-15(13-22)6-8-18/h9-12,15-16,18H,3-8,13-14,22H2,1-2H3. The summed E-state index contributed by atoms with van der Waals surface area (Å²) < 4.78 is 5.28. The second kappa shape index (κ2) is 9.71. The molecule has 138 valence electrons. The van der Waals surface area contributed by atoms with Crippen LogP contribution in [0, 0.1) is 11.8 Å². The Morgan fingerprint density at radius 2 is 1.76 bits per heavy atom. The minimum absolute atomic E-state index is 0.140. The molecule has 0 heterocycles. The normalized spacial score (nSPS) is 21.6. The van der Waals surface area contributed by atoms with Crippen LogP contribution in [0.5, 0.6) is 0 Å². The highest BCUT2D eigenvalue weighted by molar-refractivity contribution is 5.97. The molecule has 1 fully saturated rings. The molecule has 0 aromatic heterocycles. The van der Waals surface area contributed by atoms with E-state index < -0.39 is 0 Å². The molecule has 0 spiro atoms. The zero-order chi connectivity index (χ0) is 18.2. The Morgan fingerprint density at radius 1 is 1.12 bits per heavy atom. The highest BCUT2D eigenvalue weighted by Crippen LogP contribution is 2.31. The van der Waals surface area contributed by atoms with E-state index >= 15 is 0 Å². The predicted octanol–water partition coefficient (Wildman–Crippen LogP) is 4.08. The summed E-state index contributed by atoms with van der Waals surface area (Å²) in [6.07, 6.45) is 5.32. The molecular weight excluding hydrogens is 314 g/mol. The van der Waals surface area contributed by atoms with Crippen molar-refractivity contribution in [2.75, 3.05) is 13.2 Å². The molecule has 1 atom stereocenters. The topological polar surface area (TPSA) is 69.4 Å². The molecule has 0 amide bonds. The maximum atomic E-state index is 12.7. The van der Waals surface area contributed by atoms with Crippen LogP contribution in [0.25, 0.3) is 0 Å². The zero-order valence-corrected chi connectivity index (χ0v) is 15.5. The van der Waals surface area contributed by atoms with Gasteiger partial charge in [-0.2, -0.15) is 0 Å². The van der Waals surface area contributed by atoms with E-state index in [0.29, 0.717) is 18.9 Å². The molecule has 1 unspecified atom stereocenters. The van der Waals surface area contributed by atoms with E-state index in [4.69, 9.17) is 10.5 Å². The van der Waals surface area contributed by atoms with E-state index in [1.807, 2.05) is 24.3 Å². The summed E-state index contributed by atoms with van der Waals surface area (Å²) in [5, 5.41) is 0. The maximum absolute atomic E-state index is 12.7. The van der Waals surface area contributed by atoms with Crippen molar-refractivity contribution in [1.29, 1.82) is 0 Å². The van der Waals surface area contributed by atoms with Crippen LogP contribution < -0.4 is 5.73 Å². The number of ether oxygens (including phenoxy) is 1. The highest BCUT2D eigenvalue weighted by atomic mass is 16.5. The van der Waals surface area contributed by atoms with Crippen molar-refractivity contribution in [3.63, 3.8) is 0 Å². The Morgan fingerprint density at radius 3 is 2.28 bits per heavy atom. The largest absolute Gasteiger partial charge is 0.465 e. The molecule has 1 aliphatic carbocycles. The molecular formula is C21H31NO3. The first kappa shape index (κ1) is 19.6. The van der Waals surface area contributed by atoms with Crippen molar-refractivity contribution in [3.05, 3.63) is 35.4 Å². The third kappa shape index (κ3) is 5.40. The lowest BCUT2D eigenvalue weighted by atomic mass is 9.78. The fourth-order valence-electron chi connectivity index (χ4n) is 3.56. The SMILES string of the molecule is CCC(=O)OCC(CC)c1ccc(C(=O)C2CCC(CN)CC2)cc1. The van der Waals surface area contributed by atoms with Crippen molar-refractivity contribution in [2.45, 2.75) is 58.3 Å². The van der Waals surface area contributed by atoms with Crippen LogP contribution in [0.4, 0.5) is 0 Å². The second-order valence-electron chi connectivity index (χ2n) is 7.08. The van der Waals surface area contributed by atoms with Crippen LogP contribution in [0.3, 0.4) is 0 Å². The average Bonchev–Trinajstić information content (AvgIpc) is 2.68. The number of nitrogens with two attached hydrogens (primary N) is 1. The van der Waals surface area contributed by atoms with Gasteiger partial charge in [-0.3, -0.25) is 9.59 Å². The molecule has 0 saturated heterocycles. The van der Waals surface area contributed by atoms with Gasteiger partial charge in [0.25, 0.3) is 0 Å². The fraction of sp³-hybridized carbons (Fsp3) is 0.619. The molecule has 0 aliphatic heterocycles. The molecule has 1 saturated carbocycles. The molecule has 1 aromatic rings. The first-order valence-corrected chi connectivity index (χ1v) is 9.58. The molecule has 2 rings (SSSR count). The van der Waals surface area contributed by atoms with E-state index in [0.717, 1.165) is 49.8 Å². The second-order valence-corrected chi connectivity index (χ2v) is 7.08. The van der Waals surface area contributed by atoms with E-state index in [1.165, 1.54) is 0 Å². The molecule has 2 N–H and O–H groups in total. The number of carbonyl (C=O) groups excluding carboxylic acids is 2. The minimum atomic E-state index is -0.168. The van der Waals surface area contributed by atoms with Crippen LogP contribution >= 0.6 is 0 Å². The van der Waals surface area contributed by atoms with Gasteiger partial charge in [-0.25, -0.2) is 0 Å². The van der Waals surface area contributed by atoms with E-state index in [1.54, 1.807) is 6.92 Å². The van der Waals surface area contributed by atoms with Crippen molar-refractivity contribution >= 4 is 11.8 Å². The molecule has 1 aromatic carbocycles. The van der Waals surface area contributed by atoms with Crippen LogP contribution in [0.1, 0.15) is 74.2 Å². The van der Waals surface area contributed by atoms with Crippen LogP contribution in [-0.4, -0.2) is 24.9 Å². The summed E-state index contributed by atoms with van der Waals surface area (Å²) >= 11 is 0. The highest BCUT2D eigenvalue weighted by Gasteiger charge is 2.26. The molecule has 1 aliphatic rings. The van der Waals surface area contributed by atoms with E-state index in [-0.39, 0.29) is 23.6 Å². The molecule has 25 heavy (non-hydrogen) atoms. The Balaban J connectivity index is 1.96. The number of hydrogen-bond acceptors (Lipinski definition) is 4. The van der Waals surface area contributed by atoms with Crippen molar-refractivity contribution in [3.8, 4) is 0 Å². The summed E-state index contributed by atoms with van der Waals surface area (Å²) in [5.74, 6) is 0.995. The van der Waals surface area contributed by atoms with Gasteiger partial charge in [0.15, 0.2) is 5.78 Å². The fourth-order valence-corrected chi connectivity index (χ4v) is 3.56. The predicted molar refractivity (Wildman–Crippen MR) is 99.6 cm³/mol. The number of rotatable bonds is 8. The number of ketones is 1. The monoisotopic (exact) mass is 345 g/mol. The number of esters is 1. The van der Waals surface area contributed by atoms with Gasteiger partial charge in [0.2, 0.25) is 0 Å². The number of hydrogen-bond donors (Lipinski definition) is 1. The number of carbonyl (C=O) groups is 2. The van der Waals surface area contributed by atoms with E-state index in [2.05, 4.69) is 6.92 Å². The van der Waals surface area contributed by atoms with Gasteiger partial charge in [-0.1, -0.05) is 38.1 Å². The molecule has 0 radical (unpaired) electrons. The average molecular weight is 345 g/mol. The van der Waals surface area contributed by atoms with Gasteiger partial charge < -0.3 is 10.5 Å². The summed E-state index contributed by atoms with van der Waals surface area (Å²) in [4.78, 5) is 24.1. The van der Waals surface area contributed by atoms with Crippen molar-refractivity contribution in [1.82, 2.24) is 0 Å². The number of Topliss-reactive ketones (excluding diaryl/α,β-unsaturated/α-hetero) is 1. The van der Waals surface area contributed by atoms with Gasteiger partial charge in [-0.15, -0.1) is 0 Å². The third-order valence-corrected chi connectivity index (χ3v) is 5.44. The van der Waals surface area contributed by atoms with Crippen molar-refractivity contribution in [2.24, 2.45) is 17.6 Å². The smallest absolute Gasteiger partial charge is 0.305 e. The summed E-state index contributed by atoms with van der Waals surface area (Å²) in [5.41, 5.74) is 7.64. The van der Waals surface area contributed by atoms with Gasteiger partial charge >= 0.3 is 5.97 Å².